The average Bonchev–Trinajstić information content (AvgIpc) is 2.28. The van der Waals surface area contributed by atoms with Crippen molar-refractivity contribution in [2.45, 2.75) is 25.3 Å². The van der Waals surface area contributed by atoms with Crippen LogP contribution < -0.4 is 5.73 Å². The van der Waals surface area contributed by atoms with Gasteiger partial charge in [-0.25, -0.2) is 0 Å². The summed E-state index contributed by atoms with van der Waals surface area (Å²) in [4.78, 5) is 16.0. The molecule has 0 spiro atoms. The molecule has 1 rings (SSSR count). The average molecular weight is 237 g/mol. The van der Waals surface area contributed by atoms with Crippen molar-refractivity contribution in [3.63, 3.8) is 0 Å². The van der Waals surface area contributed by atoms with Gasteiger partial charge in [0.25, 0.3) is 0 Å². The predicted molar refractivity (Wildman–Crippen MR) is 69.3 cm³/mol. The normalized spacial score (nSPS) is 19.1. The molecule has 1 heterocycles. The molecule has 1 amide bonds. The highest BCUT2D eigenvalue weighted by Crippen LogP contribution is 2.18. The summed E-state index contributed by atoms with van der Waals surface area (Å²) in [7, 11) is 4.17. The Balaban J connectivity index is 2.36. The molecule has 4 nitrogen and oxygen atoms in total. The summed E-state index contributed by atoms with van der Waals surface area (Å²) in [6.07, 6.45) is 7.62. The quantitative estimate of drug-likeness (QED) is 0.708. The molecule has 1 saturated heterocycles. The van der Waals surface area contributed by atoms with Gasteiger partial charge < -0.3 is 15.5 Å². The highest BCUT2D eigenvalue weighted by Gasteiger charge is 2.25. The van der Waals surface area contributed by atoms with Crippen molar-refractivity contribution >= 4 is 5.91 Å². The Morgan fingerprint density at radius 3 is 2.59 bits per heavy atom. The number of terminal acetylenes is 1. The zero-order chi connectivity index (χ0) is 12.8. The molecule has 0 bridgehead atoms. The molecule has 0 aromatic heterocycles. The summed E-state index contributed by atoms with van der Waals surface area (Å²) in [5, 5.41) is 0. The van der Waals surface area contributed by atoms with Crippen LogP contribution in [0.25, 0.3) is 0 Å². The second-order valence-corrected chi connectivity index (χ2v) is 5.05. The second-order valence-electron chi connectivity index (χ2n) is 5.05. The van der Waals surface area contributed by atoms with Crippen LogP contribution in [-0.4, -0.2) is 55.5 Å². The minimum absolute atomic E-state index is 0.00579. The molecule has 1 aliphatic heterocycles. The highest BCUT2D eigenvalue weighted by atomic mass is 16.2. The van der Waals surface area contributed by atoms with Crippen LogP contribution in [0.15, 0.2) is 0 Å². The Hall–Kier alpha value is -1.05. The van der Waals surface area contributed by atoms with Gasteiger partial charge in [-0.1, -0.05) is 0 Å². The van der Waals surface area contributed by atoms with Crippen molar-refractivity contribution in [1.29, 1.82) is 0 Å². The molecule has 17 heavy (non-hydrogen) atoms. The van der Waals surface area contributed by atoms with Gasteiger partial charge >= 0.3 is 0 Å². The summed E-state index contributed by atoms with van der Waals surface area (Å²) in [6.45, 7) is 2.73. The van der Waals surface area contributed by atoms with E-state index in [1.165, 1.54) is 0 Å². The standard InChI is InChI=1S/C13H23N3O/c1-4-5-12(14)13(17)16-8-6-11(7-9-16)10-15(2)3/h1,11-12H,5-10,14H2,2-3H3. The minimum Gasteiger partial charge on any atom is -0.341 e. The fraction of sp³-hybridized carbons (Fsp3) is 0.769. The van der Waals surface area contributed by atoms with Crippen LogP contribution >= 0.6 is 0 Å². The molecular weight excluding hydrogens is 214 g/mol. The highest BCUT2D eigenvalue weighted by molar-refractivity contribution is 5.82. The number of likely N-dealkylation sites (tertiary alicyclic amines) is 1. The number of nitrogens with two attached hydrogens (primary N) is 1. The van der Waals surface area contributed by atoms with Gasteiger partial charge in [-0.15, -0.1) is 12.3 Å². The number of rotatable bonds is 4. The summed E-state index contributed by atoms with van der Waals surface area (Å²) in [6, 6.07) is -0.523. The summed E-state index contributed by atoms with van der Waals surface area (Å²) in [5.41, 5.74) is 5.73. The third-order valence-electron chi connectivity index (χ3n) is 3.20. The molecule has 1 atom stereocenters. The zero-order valence-corrected chi connectivity index (χ0v) is 10.9. The van der Waals surface area contributed by atoms with Crippen molar-refractivity contribution in [3.8, 4) is 12.3 Å². The molecule has 2 N–H and O–H groups in total. The van der Waals surface area contributed by atoms with E-state index in [2.05, 4.69) is 24.9 Å². The number of carbonyl (C=O) groups is 1. The van der Waals surface area contributed by atoms with Gasteiger partial charge in [0.1, 0.15) is 0 Å². The Morgan fingerprint density at radius 1 is 1.53 bits per heavy atom. The van der Waals surface area contributed by atoms with Crippen LogP contribution in [0, 0.1) is 18.3 Å². The van der Waals surface area contributed by atoms with Gasteiger partial charge in [-0.2, -0.15) is 0 Å². The van der Waals surface area contributed by atoms with Crippen molar-refractivity contribution in [2.75, 3.05) is 33.7 Å². The molecule has 1 fully saturated rings. The largest absolute Gasteiger partial charge is 0.341 e. The van der Waals surface area contributed by atoms with E-state index < -0.39 is 6.04 Å². The first-order valence-electron chi connectivity index (χ1n) is 6.17. The van der Waals surface area contributed by atoms with Gasteiger partial charge in [-0.3, -0.25) is 4.79 Å². The van der Waals surface area contributed by atoms with Crippen LogP contribution in [0.3, 0.4) is 0 Å². The van der Waals surface area contributed by atoms with Gasteiger partial charge in [0.15, 0.2) is 0 Å². The van der Waals surface area contributed by atoms with Crippen molar-refractivity contribution < 1.29 is 4.79 Å². The topological polar surface area (TPSA) is 49.6 Å². The Morgan fingerprint density at radius 2 is 2.12 bits per heavy atom. The molecule has 0 aliphatic carbocycles. The third-order valence-corrected chi connectivity index (χ3v) is 3.20. The lowest BCUT2D eigenvalue weighted by molar-refractivity contribution is -0.133. The van der Waals surface area contributed by atoms with Gasteiger partial charge in [0, 0.05) is 26.1 Å². The van der Waals surface area contributed by atoms with E-state index in [-0.39, 0.29) is 5.91 Å². The molecule has 0 aromatic carbocycles. The SMILES string of the molecule is C#CCC(N)C(=O)N1CCC(CN(C)C)CC1. The van der Waals surface area contributed by atoms with Crippen LogP contribution in [0.4, 0.5) is 0 Å². The first kappa shape index (κ1) is 14.0. The van der Waals surface area contributed by atoms with E-state index in [4.69, 9.17) is 12.2 Å². The number of hydrogen-bond acceptors (Lipinski definition) is 3. The van der Waals surface area contributed by atoms with Crippen LogP contribution in [-0.2, 0) is 4.79 Å². The molecule has 1 unspecified atom stereocenters. The molecule has 4 heteroatoms. The Labute approximate surface area is 104 Å². The fourth-order valence-electron chi connectivity index (χ4n) is 2.30. The van der Waals surface area contributed by atoms with E-state index in [0.29, 0.717) is 12.3 Å². The molecule has 0 saturated carbocycles. The first-order valence-corrected chi connectivity index (χ1v) is 6.17. The van der Waals surface area contributed by atoms with Crippen LogP contribution in [0.1, 0.15) is 19.3 Å². The second kappa shape index (κ2) is 6.63. The van der Waals surface area contributed by atoms with E-state index in [9.17, 15) is 4.79 Å². The predicted octanol–water partition coefficient (Wildman–Crippen LogP) is 0.137. The number of amides is 1. The summed E-state index contributed by atoms with van der Waals surface area (Å²) < 4.78 is 0. The van der Waals surface area contributed by atoms with Gasteiger partial charge in [0.05, 0.1) is 6.04 Å². The minimum atomic E-state index is -0.523. The lowest BCUT2D eigenvalue weighted by atomic mass is 9.96. The van der Waals surface area contributed by atoms with Gasteiger partial charge in [0.2, 0.25) is 5.91 Å². The maximum absolute atomic E-state index is 11.9. The molecular formula is C13H23N3O. The number of hydrogen-bond donors (Lipinski definition) is 1. The lowest BCUT2D eigenvalue weighted by Gasteiger charge is -2.34. The smallest absolute Gasteiger partial charge is 0.240 e. The number of piperidine rings is 1. The molecule has 0 radical (unpaired) electrons. The monoisotopic (exact) mass is 237 g/mol. The Kier molecular flexibility index (Phi) is 5.46. The van der Waals surface area contributed by atoms with E-state index in [0.717, 1.165) is 32.5 Å². The summed E-state index contributed by atoms with van der Waals surface area (Å²) in [5.74, 6) is 3.14. The fourth-order valence-corrected chi connectivity index (χ4v) is 2.30. The van der Waals surface area contributed by atoms with Gasteiger partial charge in [-0.05, 0) is 32.9 Å². The number of carbonyl (C=O) groups excluding carboxylic acids is 1. The van der Waals surface area contributed by atoms with Crippen molar-refractivity contribution in [2.24, 2.45) is 11.7 Å². The van der Waals surface area contributed by atoms with E-state index >= 15 is 0 Å². The van der Waals surface area contributed by atoms with E-state index in [1.807, 2.05) is 4.90 Å². The maximum atomic E-state index is 11.9. The van der Waals surface area contributed by atoms with Crippen molar-refractivity contribution in [1.82, 2.24) is 9.80 Å². The maximum Gasteiger partial charge on any atom is 0.240 e. The molecule has 1 aliphatic rings. The summed E-state index contributed by atoms with van der Waals surface area (Å²) >= 11 is 0. The molecule has 0 aromatic rings. The molecule has 96 valence electrons. The zero-order valence-electron chi connectivity index (χ0n) is 10.9. The first-order chi connectivity index (χ1) is 8.04. The van der Waals surface area contributed by atoms with E-state index in [1.54, 1.807) is 0 Å². The third kappa shape index (κ3) is 4.37. The van der Waals surface area contributed by atoms with Crippen LogP contribution in [0.5, 0.6) is 0 Å². The number of nitrogens with zero attached hydrogens (tertiary/aromatic N) is 2. The Bertz CT molecular complexity index is 288. The lowest BCUT2D eigenvalue weighted by Crippen LogP contribution is -2.47. The van der Waals surface area contributed by atoms with Crippen LogP contribution in [0.2, 0.25) is 0 Å². The van der Waals surface area contributed by atoms with Crippen molar-refractivity contribution in [3.05, 3.63) is 0 Å².